The molecule has 1 amide bonds. The van der Waals surface area contributed by atoms with Gasteiger partial charge in [0.2, 0.25) is 0 Å². The Kier molecular flexibility index (Phi) is 5.71. The molecule has 0 spiro atoms. The van der Waals surface area contributed by atoms with Gasteiger partial charge in [0.1, 0.15) is 11.8 Å². The number of nitrogens with one attached hydrogen (secondary N) is 1. The van der Waals surface area contributed by atoms with Gasteiger partial charge in [0.15, 0.2) is 6.61 Å². The van der Waals surface area contributed by atoms with Gasteiger partial charge in [-0.1, -0.05) is 54.1 Å². The second-order valence-electron chi connectivity index (χ2n) is 5.48. The number of ether oxygens (including phenoxy) is 1. The van der Waals surface area contributed by atoms with Gasteiger partial charge in [-0.3, -0.25) is 4.79 Å². The van der Waals surface area contributed by atoms with Crippen molar-refractivity contribution >= 4 is 23.5 Å². The Morgan fingerprint density at radius 1 is 1.00 bits per heavy atom. The third kappa shape index (κ3) is 4.32. The first-order valence-corrected chi connectivity index (χ1v) is 8.32. The molecule has 0 aliphatic carbocycles. The van der Waals surface area contributed by atoms with E-state index in [4.69, 9.17) is 20.8 Å². The molecule has 0 aliphatic rings. The van der Waals surface area contributed by atoms with Crippen molar-refractivity contribution in [3.05, 3.63) is 94.9 Å². The third-order valence-corrected chi connectivity index (χ3v) is 4.02. The van der Waals surface area contributed by atoms with Crippen LogP contribution >= 0.6 is 11.6 Å². The number of esters is 1. The number of halogens is 1. The van der Waals surface area contributed by atoms with Gasteiger partial charge in [0.05, 0.1) is 16.8 Å². The van der Waals surface area contributed by atoms with Crippen LogP contribution in [0.2, 0.25) is 5.02 Å². The summed E-state index contributed by atoms with van der Waals surface area (Å²) in [6, 6.07) is 18.9. The number of furan rings is 1. The van der Waals surface area contributed by atoms with Gasteiger partial charge in [-0.05, 0) is 29.8 Å². The highest BCUT2D eigenvalue weighted by atomic mass is 35.5. The van der Waals surface area contributed by atoms with Gasteiger partial charge in [-0.25, -0.2) is 4.79 Å². The summed E-state index contributed by atoms with van der Waals surface area (Å²) in [6.07, 6.45) is 1.54. The highest BCUT2D eigenvalue weighted by Gasteiger charge is 2.20. The summed E-state index contributed by atoms with van der Waals surface area (Å²) in [6.45, 7) is -0.423. The Balaban J connectivity index is 1.65. The fourth-order valence-electron chi connectivity index (χ4n) is 2.46. The lowest BCUT2D eigenvalue weighted by molar-refractivity contribution is -0.124. The fraction of sp³-hybridized carbons (Fsp3) is 0.100. The maximum absolute atomic E-state index is 12.3. The molecule has 1 aromatic heterocycles. The van der Waals surface area contributed by atoms with Crippen LogP contribution in [0.25, 0.3) is 0 Å². The van der Waals surface area contributed by atoms with E-state index in [1.54, 1.807) is 30.3 Å². The van der Waals surface area contributed by atoms with Crippen LogP contribution in [0.15, 0.2) is 77.4 Å². The van der Waals surface area contributed by atoms with E-state index >= 15 is 0 Å². The average Bonchev–Trinajstić information content (AvgIpc) is 3.19. The zero-order chi connectivity index (χ0) is 18.4. The molecule has 1 N–H and O–H groups in total. The molecule has 3 rings (SSSR count). The first-order chi connectivity index (χ1) is 12.6. The maximum atomic E-state index is 12.3. The number of rotatable bonds is 6. The van der Waals surface area contributed by atoms with E-state index in [0.29, 0.717) is 5.76 Å². The number of benzene rings is 2. The van der Waals surface area contributed by atoms with Gasteiger partial charge in [-0.2, -0.15) is 0 Å². The predicted octanol–water partition coefficient (Wildman–Crippen LogP) is 4.00. The predicted molar refractivity (Wildman–Crippen MR) is 96.9 cm³/mol. The van der Waals surface area contributed by atoms with Crippen LogP contribution in [0.5, 0.6) is 0 Å². The molecule has 2 aromatic carbocycles. The second-order valence-corrected chi connectivity index (χ2v) is 5.89. The molecule has 0 bridgehead atoms. The van der Waals surface area contributed by atoms with Crippen molar-refractivity contribution in [1.29, 1.82) is 0 Å². The van der Waals surface area contributed by atoms with Crippen LogP contribution in [-0.4, -0.2) is 18.5 Å². The van der Waals surface area contributed by atoms with Gasteiger partial charge >= 0.3 is 5.97 Å². The largest absolute Gasteiger partial charge is 0.467 e. The van der Waals surface area contributed by atoms with Crippen molar-refractivity contribution in [2.75, 3.05) is 6.61 Å². The second kappa shape index (κ2) is 8.36. The van der Waals surface area contributed by atoms with Gasteiger partial charge in [0, 0.05) is 0 Å². The number of hydrogen-bond acceptors (Lipinski definition) is 4. The highest BCUT2D eigenvalue weighted by Crippen LogP contribution is 2.22. The van der Waals surface area contributed by atoms with E-state index in [1.165, 1.54) is 12.3 Å². The van der Waals surface area contributed by atoms with Crippen molar-refractivity contribution < 1.29 is 18.7 Å². The molecule has 0 unspecified atom stereocenters. The standard InChI is InChI=1S/C20H16ClNO4/c21-16-10-5-4-9-15(16)20(24)26-13-18(23)22-19(17-11-6-12-25-17)14-7-2-1-3-8-14/h1-12,19H,13H2,(H,22,23)/t19-/m0/s1. The number of carbonyl (C=O) groups is 2. The van der Waals surface area contributed by atoms with Gasteiger partial charge in [-0.15, -0.1) is 0 Å². The van der Waals surface area contributed by atoms with E-state index in [2.05, 4.69) is 5.32 Å². The number of carbonyl (C=O) groups excluding carboxylic acids is 2. The molecule has 5 nitrogen and oxygen atoms in total. The smallest absolute Gasteiger partial charge is 0.340 e. The van der Waals surface area contributed by atoms with Crippen LogP contribution < -0.4 is 5.32 Å². The summed E-state index contributed by atoms with van der Waals surface area (Å²) in [7, 11) is 0. The molecule has 26 heavy (non-hydrogen) atoms. The monoisotopic (exact) mass is 369 g/mol. The van der Waals surface area contributed by atoms with E-state index in [9.17, 15) is 9.59 Å². The van der Waals surface area contributed by atoms with E-state index in [1.807, 2.05) is 30.3 Å². The van der Waals surface area contributed by atoms with Crippen molar-refractivity contribution in [3.63, 3.8) is 0 Å². The maximum Gasteiger partial charge on any atom is 0.340 e. The first kappa shape index (κ1) is 17.8. The summed E-state index contributed by atoms with van der Waals surface area (Å²) < 4.78 is 10.5. The minimum absolute atomic E-state index is 0.215. The fourth-order valence-corrected chi connectivity index (χ4v) is 2.67. The van der Waals surface area contributed by atoms with Gasteiger partial charge < -0.3 is 14.5 Å². The minimum Gasteiger partial charge on any atom is -0.467 e. The minimum atomic E-state index is -0.653. The number of hydrogen-bond donors (Lipinski definition) is 1. The summed E-state index contributed by atoms with van der Waals surface area (Å²) in [5, 5.41) is 3.09. The molecule has 6 heteroatoms. The van der Waals surface area contributed by atoms with Crippen LogP contribution in [0.1, 0.15) is 27.7 Å². The van der Waals surface area contributed by atoms with E-state index in [0.717, 1.165) is 5.56 Å². The molecule has 132 valence electrons. The Bertz CT molecular complexity index is 878. The normalized spacial score (nSPS) is 11.6. The molecular formula is C20H16ClNO4. The molecule has 0 fully saturated rings. The molecule has 1 heterocycles. The van der Waals surface area contributed by atoms with Crippen LogP contribution in [0, 0.1) is 0 Å². The van der Waals surface area contributed by atoms with Crippen molar-refractivity contribution in [2.24, 2.45) is 0 Å². The third-order valence-electron chi connectivity index (χ3n) is 3.69. The van der Waals surface area contributed by atoms with Crippen LogP contribution in [-0.2, 0) is 9.53 Å². The molecule has 0 aliphatic heterocycles. The summed E-state index contributed by atoms with van der Waals surface area (Å²) >= 11 is 5.95. The molecule has 3 aromatic rings. The topological polar surface area (TPSA) is 68.5 Å². The average molecular weight is 370 g/mol. The summed E-state index contributed by atoms with van der Waals surface area (Å²) in [4.78, 5) is 24.3. The Morgan fingerprint density at radius 2 is 1.73 bits per heavy atom. The SMILES string of the molecule is O=C(COC(=O)c1ccccc1Cl)N[C@@H](c1ccccc1)c1ccco1. The lowest BCUT2D eigenvalue weighted by atomic mass is 10.0. The Hall–Kier alpha value is -3.05. The van der Waals surface area contributed by atoms with Crippen LogP contribution in [0.4, 0.5) is 0 Å². The Labute approximate surface area is 155 Å². The molecule has 1 atom stereocenters. The summed E-state index contributed by atoms with van der Waals surface area (Å²) in [5.41, 5.74) is 1.07. The van der Waals surface area contributed by atoms with Crippen molar-refractivity contribution in [2.45, 2.75) is 6.04 Å². The number of amides is 1. The molecular weight excluding hydrogens is 354 g/mol. The molecule has 0 saturated carbocycles. The van der Waals surface area contributed by atoms with Gasteiger partial charge in [0.25, 0.3) is 5.91 Å². The zero-order valence-electron chi connectivity index (χ0n) is 13.7. The zero-order valence-corrected chi connectivity index (χ0v) is 14.5. The van der Waals surface area contributed by atoms with Crippen LogP contribution in [0.3, 0.4) is 0 Å². The Morgan fingerprint density at radius 3 is 2.42 bits per heavy atom. The quantitative estimate of drug-likeness (QED) is 0.667. The highest BCUT2D eigenvalue weighted by molar-refractivity contribution is 6.33. The van der Waals surface area contributed by atoms with E-state index < -0.39 is 24.5 Å². The lowest BCUT2D eigenvalue weighted by Gasteiger charge is -2.17. The van der Waals surface area contributed by atoms with Crippen molar-refractivity contribution in [3.8, 4) is 0 Å². The molecule has 0 radical (unpaired) electrons. The molecule has 0 saturated heterocycles. The van der Waals surface area contributed by atoms with E-state index in [-0.39, 0.29) is 10.6 Å². The van der Waals surface area contributed by atoms with Crippen molar-refractivity contribution in [1.82, 2.24) is 5.32 Å². The lowest BCUT2D eigenvalue weighted by Crippen LogP contribution is -2.33. The first-order valence-electron chi connectivity index (χ1n) is 7.94. The summed E-state index contributed by atoms with van der Waals surface area (Å²) in [5.74, 6) is -0.516.